The molecule has 0 unspecified atom stereocenters. The molecule has 0 heterocycles. The van der Waals surface area contributed by atoms with Crippen molar-refractivity contribution in [3.8, 4) is 11.5 Å². The molecule has 6 nitrogen and oxygen atoms in total. The second-order valence-corrected chi connectivity index (χ2v) is 7.81. The SMILES string of the molecule is CCOc1ccc(/C=C/C(=O)Nc2ccccc2S(=O)(=O)CC)cc1OC. The fraction of sp³-hybridized carbons (Fsp3) is 0.250. The Bertz CT molecular complexity index is 935. The van der Waals surface area contributed by atoms with Crippen molar-refractivity contribution in [3.63, 3.8) is 0 Å². The Kier molecular flexibility index (Phi) is 7.01. The summed E-state index contributed by atoms with van der Waals surface area (Å²) in [6.45, 7) is 3.97. The summed E-state index contributed by atoms with van der Waals surface area (Å²) in [6.07, 6.45) is 2.95. The lowest BCUT2D eigenvalue weighted by Crippen LogP contribution is -2.13. The number of carbonyl (C=O) groups excluding carboxylic acids is 1. The van der Waals surface area contributed by atoms with Crippen LogP contribution in [0.3, 0.4) is 0 Å². The van der Waals surface area contributed by atoms with Gasteiger partial charge < -0.3 is 14.8 Å². The lowest BCUT2D eigenvalue weighted by atomic mass is 10.2. The molecule has 0 atom stereocenters. The van der Waals surface area contributed by atoms with Crippen LogP contribution < -0.4 is 14.8 Å². The normalized spacial score (nSPS) is 11.4. The molecule has 1 amide bonds. The van der Waals surface area contributed by atoms with Gasteiger partial charge in [0, 0.05) is 6.08 Å². The van der Waals surface area contributed by atoms with Crippen LogP contribution in [0.4, 0.5) is 5.69 Å². The van der Waals surface area contributed by atoms with Gasteiger partial charge in [-0.3, -0.25) is 4.79 Å². The van der Waals surface area contributed by atoms with E-state index in [4.69, 9.17) is 9.47 Å². The van der Waals surface area contributed by atoms with Crippen molar-refractivity contribution in [2.75, 3.05) is 24.8 Å². The van der Waals surface area contributed by atoms with E-state index in [1.807, 2.05) is 6.92 Å². The summed E-state index contributed by atoms with van der Waals surface area (Å²) in [6, 6.07) is 11.7. The fourth-order valence-corrected chi connectivity index (χ4v) is 3.46. The van der Waals surface area contributed by atoms with Crippen LogP contribution in [0.15, 0.2) is 53.4 Å². The number of amides is 1. The summed E-state index contributed by atoms with van der Waals surface area (Å²) >= 11 is 0. The van der Waals surface area contributed by atoms with Crippen molar-refractivity contribution in [2.45, 2.75) is 18.7 Å². The Morgan fingerprint density at radius 2 is 1.85 bits per heavy atom. The van der Waals surface area contributed by atoms with Crippen molar-refractivity contribution in [3.05, 3.63) is 54.1 Å². The van der Waals surface area contributed by atoms with Gasteiger partial charge in [0.25, 0.3) is 0 Å². The molecule has 1 N–H and O–H groups in total. The average molecular weight is 389 g/mol. The molecule has 0 saturated heterocycles. The highest BCUT2D eigenvalue weighted by atomic mass is 32.2. The summed E-state index contributed by atoms with van der Waals surface area (Å²) < 4.78 is 35.0. The van der Waals surface area contributed by atoms with Gasteiger partial charge in [-0.1, -0.05) is 25.1 Å². The Morgan fingerprint density at radius 1 is 1.11 bits per heavy atom. The zero-order valence-corrected chi connectivity index (χ0v) is 16.4. The third-order valence-corrected chi connectivity index (χ3v) is 5.56. The van der Waals surface area contributed by atoms with E-state index in [9.17, 15) is 13.2 Å². The lowest BCUT2D eigenvalue weighted by molar-refractivity contribution is -0.111. The second-order valence-electron chi connectivity index (χ2n) is 5.57. The molecular weight excluding hydrogens is 366 g/mol. The van der Waals surface area contributed by atoms with Crippen LogP contribution in [0.5, 0.6) is 11.5 Å². The van der Waals surface area contributed by atoms with Crippen molar-refractivity contribution in [1.29, 1.82) is 0 Å². The highest BCUT2D eigenvalue weighted by molar-refractivity contribution is 7.91. The van der Waals surface area contributed by atoms with Gasteiger partial charge in [0.2, 0.25) is 5.91 Å². The highest BCUT2D eigenvalue weighted by Gasteiger charge is 2.16. The van der Waals surface area contributed by atoms with E-state index >= 15 is 0 Å². The molecule has 27 heavy (non-hydrogen) atoms. The minimum atomic E-state index is -3.43. The van der Waals surface area contributed by atoms with E-state index < -0.39 is 15.7 Å². The molecule has 7 heteroatoms. The zero-order valence-electron chi connectivity index (χ0n) is 15.6. The number of methoxy groups -OCH3 is 1. The van der Waals surface area contributed by atoms with E-state index in [0.29, 0.717) is 18.1 Å². The van der Waals surface area contributed by atoms with E-state index in [2.05, 4.69) is 5.32 Å². The number of ether oxygens (including phenoxy) is 2. The summed E-state index contributed by atoms with van der Waals surface area (Å²) in [5.41, 5.74) is 1.01. The van der Waals surface area contributed by atoms with Gasteiger partial charge in [-0.25, -0.2) is 8.42 Å². The summed E-state index contributed by atoms with van der Waals surface area (Å²) in [5.74, 6) is 0.725. The van der Waals surface area contributed by atoms with Gasteiger partial charge in [0.05, 0.1) is 30.1 Å². The molecule has 0 aliphatic carbocycles. The number of carbonyl (C=O) groups is 1. The standard InChI is InChI=1S/C20H23NO5S/c1-4-26-17-12-10-15(14-18(17)25-3)11-13-20(22)21-16-8-6-7-9-19(16)27(23,24)5-2/h6-14H,4-5H2,1-3H3,(H,21,22)/b13-11+. The van der Waals surface area contributed by atoms with Crippen molar-refractivity contribution in [2.24, 2.45) is 0 Å². The summed E-state index contributed by atoms with van der Waals surface area (Å²) in [7, 11) is -1.89. The van der Waals surface area contributed by atoms with Crippen LogP contribution >= 0.6 is 0 Å². The van der Waals surface area contributed by atoms with Gasteiger partial charge in [0.15, 0.2) is 21.3 Å². The van der Waals surface area contributed by atoms with Gasteiger partial charge in [-0.15, -0.1) is 0 Å². The first-order valence-electron chi connectivity index (χ1n) is 8.53. The van der Waals surface area contributed by atoms with Crippen LogP contribution in [0.2, 0.25) is 0 Å². The number of hydrogen-bond acceptors (Lipinski definition) is 5. The van der Waals surface area contributed by atoms with Crippen molar-refractivity contribution in [1.82, 2.24) is 0 Å². The minimum Gasteiger partial charge on any atom is -0.493 e. The fourth-order valence-electron chi connectivity index (χ4n) is 2.41. The third-order valence-electron chi connectivity index (χ3n) is 3.77. The number of anilines is 1. The Hall–Kier alpha value is -2.80. The van der Waals surface area contributed by atoms with E-state index in [-0.39, 0.29) is 16.3 Å². The molecule has 144 valence electrons. The topological polar surface area (TPSA) is 81.7 Å². The maximum Gasteiger partial charge on any atom is 0.248 e. The van der Waals surface area contributed by atoms with Crippen LogP contribution in [0.25, 0.3) is 6.08 Å². The molecule has 2 aromatic carbocycles. The quantitative estimate of drug-likeness (QED) is 0.699. The molecule has 0 aromatic heterocycles. The molecule has 0 aliphatic rings. The molecule has 2 aromatic rings. The van der Waals surface area contributed by atoms with Gasteiger partial charge in [0.1, 0.15) is 0 Å². The van der Waals surface area contributed by atoms with E-state index in [1.165, 1.54) is 12.1 Å². The van der Waals surface area contributed by atoms with Crippen LogP contribution in [0.1, 0.15) is 19.4 Å². The maximum atomic E-state index is 12.2. The molecule has 0 spiro atoms. The maximum absolute atomic E-state index is 12.2. The van der Waals surface area contributed by atoms with Crippen LogP contribution in [-0.4, -0.2) is 33.8 Å². The van der Waals surface area contributed by atoms with Crippen LogP contribution in [-0.2, 0) is 14.6 Å². The first-order valence-corrected chi connectivity index (χ1v) is 10.2. The number of rotatable bonds is 8. The number of sulfone groups is 1. The number of hydrogen-bond donors (Lipinski definition) is 1. The smallest absolute Gasteiger partial charge is 0.248 e. The van der Waals surface area contributed by atoms with E-state index in [1.54, 1.807) is 56.5 Å². The predicted octanol–water partition coefficient (Wildman–Crippen LogP) is 3.54. The molecule has 2 rings (SSSR count). The Labute approximate surface area is 159 Å². The molecule has 0 saturated carbocycles. The van der Waals surface area contributed by atoms with E-state index in [0.717, 1.165) is 5.56 Å². The largest absolute Gasteiger partial charge is 0.493 e. The first kappa shape index (κ1) is 20.5. The Balaban J connectivity index is 2.17. The van der Waals surface area contributed by atoms with Crippen molar-refractivity contribution < 1.29 is 22.7 Å². The Morgan fingerprint density at radius 3 is 2.52 bits per heavy atom. The summed E-state index contributed by atoms with van der Waals surface area (Å²) in [5, 5.41) is 2.62. The summed E-state index contributed by atoms with van der Waals surface area (Å²) in [4.78, 5) is 12.3. The average Bonchev–Trinajstić information content (AvgIpc) is 2.67. The molecule has 0 radical (unpaired) electrons. The highest BCUT2D eigenvalue weighted by Crippen LogP contribution is 2.28. The lowest BCUT2D eigenvalue weighted by Gasteiger charge is -2.10. The molecular formula is C20H23NO5S. The molecule has 0 aliphatic heterocycles. The third kappa shape index (κ3) is 5.34. The first-order chi connectivity index (χ1) is 12.9. The number of para-hydroxylation sites is 1. The van der Waals surface area contributed by atoms with Gasteiger partial charge in [-0.05, 0) is 42.8 Å². The predicted molar refractivity (Wildman–Crippen MR) is 106 cm³/mol. The number of benzene rings is 2. The minimum absolute atomic E-state index is 0.0400. The van der Waals surface area contributed by atoms with Gasteiger partial charge >= 0.3 is 0 Å². The van der Waals surface area contributed by atoms with Gasteiger partial charge in [-0.2, -0.15) is 0 Å². The second kappa shape index (κ2) is 9.23. The van der Waals surface area contributed by atoms with Crippen LogP contribution in [0, 0.1) is 0 Å². The molecule has 0 fully saturated rings. The zero-order chi connectivity index (χ0) is 19.9. The number of nitrogens with one attached hydrogen (secondary N) is 1. The monoisotopic (exact) mass is 389 g/mol. The van der Waals surface area contributed by atoms with Crippen molar-refractivity contribution >= 4 is 27.5 Å². The molecule has 0 bridgehead atoms.